The first-order chi connectivity index (χ1) is 6.43. The third-order valence-electron chi connectivity index (χ3n) is 1.81. The predicted octanol–water partition coefficient (Wildman–Crippen LogP) is 2.48. The molecule has 2 N–H and O–H groups in total. The summed E-state index contributed by atoms with van der Waals surface area (Å²) in [4.78, 5) is 10.6. The Labute approximate surface area is 103 Å². The summed E-state index contributed by atoms with van der Waals surface area (Å²) in [7, 11) is 0. The normalized spacial score (nSPS) is 12.6. The highest BCUT2D eigenvalue weighted by Gasteiger charge is 2.21. The van der Waals surface area contributed by atoms with Gasteiger partial charge in [-0.05, 0) is 47.2 Å². The zero-order valence-electron chi connectivity index (χ0n) is 7.29. The molecule has 0 aliphatic rings. The van der Waals surface area contributed by atoms with Crippen LogP contribution < -0.4 is 0 Å². The minimum Gasteiger partial charge on any atom is -0.479 e. The second kappa shape index (κ2) is 4.59. The molecule has 0 amide bonds. The average Bonchev–Trinajstić information content (AvgIpc) is 2.01. The topological polar surface area (TPSA) is 57.5 Å². The molecular formula is C9H8BrIO3. The lowest BCUT2D eigenvalue weighted by Gasteiger charge is -2.12. The van der Waals surface area contributed by atoms with Crippen LogP contribution in [-0.2, 0) is 4.79 Å². The van der Waals surface area contributed by atoms with Crippen molar-refractivity contribution in [3.8, 4) is 0 Å². The van der Waals surface area contributed by atoms with Gasteiger partial charge in [0.1, 0.15) is 0 Å². The molecule has 1 aromatic rings. The molecule has 0 heterocycles. The largest absolute Gasteiger partial charge is 0.479 e. The van der Waals surface area contributed by atoms with E-state index < -0.39 is 12.1 Å². The van der Waals surface area contributed by atoms with Crippen LogP contribution in [0.15, 0.2) is 16.6 Å². The molecule has 0 spiro atoms. The lowest BCUT2D eigenvalue weighted by atomic mass is 10.0. The van der Waals surface area contributed by atoms with E-state index in [1.54, 1.807) is 19.1 Å². The Hall–Kier alpha value is -0.140. The summed E-state index contributed by atoms with van der Waals surface area (Å²) in [5.41, 5.74) is 1.22. The van der Waals surface area contributed by atoms with Gasteiger partial charge in [0, 0.05) is 13.6 Å². The number of carboxylic acids is 1. The number of benzene rings is 1. The van der Waals surface area contributed by atoms with Gasteiger partial charge < -0.3 is 10.2 Å². The van der Waals surface area contributed by atoms with Gasteiger partial charge in [0.2, 0.25) is 0 Å². The Kier molecular flexibility index (Phi) is 3.91. The van der Waals surface area contributed by atoms with Crippen LogP contribution in [0, 0.1) is 10.5 Å². The SMILES string of the molecule is Cc1cc(Br)cc(I)c1C(O)C(=O)O. The summed E-state index contributed by atoms with van der Waals surface area (Å²) in [6.07, 6.45) is -1.45. The van der Waals surface area contributed by atoms with Crippen molar-refractivity contribution in [1.29, 1.82) is 0 Å². The number of rotatable bonds is 2. The molecule has 14 heavy (non-hydrogen) atoms. The van der Waals surface area contributed by atoms with Gasteiger partial charge in [-0.3, -0.25) is 0 Å². The van der Waals surface area contributed by atoms with Crippen molar-refractivity contribution in [2.24, 2.45) is 0 Å². The highest BCUT2D eigenvalue weighted by molar-refractivity contribution is 14.1. The summed E-state index contributed by atoms with van der Waals surface area (Å²) >= 11 is 5.31. The lowest BCUT2D eigenvalue weighted by Crippen LogP contribution is -2.13. The van der Waals surface area contributed by atoms with E-state index in [4.69, 9.17) is 5.11 Å². The van der Waals surface area contributed by atoms with E-state index in [1.165, 1.54) is 0 Å². The molecule has 3 nitrogen and oxygen atoms in total. The molecule has 76 valence electrons. The number of halogens is 2. The lowest BCUT2D eigenvalue weighted by molar-refractivity contribution is -0.147. The number of aliphatic carboxylic acids is 1. The molecule has 0 aliphatic carbocycles. The fourth-order valence-corrected chi connectivity index (χ4v) is 3.24. The summed E-state index contributed by atoms with van der Waals surface area (Å²) in [5, 5.41) is 18.1. The van der Waals surface area contributed by atoms with Crippen molar-refractivity contribution in [1.82, 2.24) is 0 Å². The van der Waals surface area contributed by atoms with Gasteiger partial charge in [0.05, 0.1) is 0 Å². The highest BCUT2D eigenvalue weighted by atomic mass is 127. The molecule has 0 aliphatic heterocycles. The Balaban J connectivity index is 3.27. The number of carboxylic acid groups (broad SMARTS) is 1. The van der Waals surface area contributed by atoms with E-state index in [9.17, 15) is 9.90 Å². The Morgan fingerprint density at radius 1 is 1.57 bits per heavy atom. The number of aliphatic hydroxyl groups is 1. The molecular weight excluding hydrogens is 363 g/mol. The van der Waals surface area contributed by atoms with Crippen LogP contribution in [0.5, 0.6) is 0 Å². The maximum Gasteiger partial charge on any atom is 0.337 e. The molecule has 0 saturated heterocycles. The highest BCUT2D eigenvalue weighted by Crippen LogP contribution is 2.27. The molecule has 1 unspecified atom stereocenters. The standard InChI is InChI=1S/C9H8BrIO3/c1-4-2-5(10)3-6(11)7(4)8(12)9(13)14/h2-3,8,12H,1H3,(H,13,14). The summed E-state index contributed by atoms with van der Waals surface area (Å²) in [6, 6.07) is 3.55. The quantitative estimate of drug-likeness (QED) is 0.786. The fraction of sp³-hybridized carbons (Fsp3) is 0.222. The van der Waals surface area contributed by atoms with E-state index >= 15 is 0 Å². The number of hydrogen-bond acceptors (Lipinski definition) is 2. The zero-order chi connectivity index (χ0) is 10.9. The van der Waals surface area contributed by atoms with E-state index in [-0.39, 0.29) is 0 Å². The maximum absolute atomic E-state index is 10.6. The van der Waals surface area contributed by atoms with E-state index in [0.29, 0.717) is 5.56 Å². The van der Waals surface area contributed by atoms with Gasteiger partial charge in [-0.15, -0.1) is 0 Å². The number of carbonyl (C=O) groups is 1. The minimum atomic E-state index is -1.45. The van der Waals surface area contributed by atoms with Crippen molar-refractivity contribution in [2.75, 3.05) is 0 Å². The molecule has 1 rings (SSSR count). The van der Waals surface area contributed by atoms with Crippen LogP contribution in [0.3, 0.4) is 0 Å². The van der Waals surface area contributed by atoms with Crippen LogP contribution in [0.4, 0.5) is 0 Å². The molecule has 0 bridgehead atoms. The molecule has 1 aromatic carbocycles. The van der Waals surface area contributed by atoms with Crippen molar-refractivity contribution in [3.05, 3.63) is 31.3 Å². The van der Waals surface area contributed by atoms with Crippen molar-refractivity contribution < 1.29 is 15.0 Å². The first-order valence-electron chi connectivity index (χ1n) is 3.80. The summed E-state index contributed by atoms with van der Waals surface area (Å²) in [5.74, 6) is -1.23. The van der Waals surface area contributed by atoms with Gasteiger partial charge in [-0.1, -0.05) is 15.9 Å². The third-order valence-corrected chi connectivity index (χ3v) is 3.16. The number of hydrogen-bond donors (Lipinski definition) is 2. The number of aryl methyl sites for hydroxylation is 1. The van der Waals surface area contributed by atoms with Crippen molar-refractivity contribution in [2.45, 2.75) is 13.0 Å². The van der Waals surface area contributed by atoms with Crippen LogP contribution in [0.2, 0.25) is 0 Å². The second-order valence-corrected chi connectivity index (χ2v) is 4.94. The van der Waals surface area contributed by atoms with Crippen molar-refractivity contribution >= 4 is 44.5 Å². The first kappa shape index (κ1) is 11.9. The average molecular weight is 371 g/mol. The van der Waals surface area contributed by atoms with Gasteiger partial charge in [-0.2, -0.15) is 0 Å². The van der Waals surface area contributed by atoms with Gasteiger partial charge in [0.25, 0.3) is 0 Å². The second-order valence-electron chi connectivity index (χ2n) is 2.86. The molecule has 5 heteroatoms. The monoisotopic (exact) mass is 370 g/mol. The molecule has 0 saturated carbocycles. The van der Waals surface area contributed by atoms with Crippen molar-refractivity contribution in [3.63, 3.8) is 0 Å². The number of aliphatic hydroxyl groups excluding tert-OH is 1. The Bertz CT molecular complexity index is 355. The molecule has 1 atom stereocenters. The van der Waals surface area contributed by atoms with Crippen LogP contribution in [0.1, 0.15) is 17.2 Å². The summed E-state index contributed by atoms with van der Waals surface area (Å²) in [6.45, 7) is 1.77. The molecule has 0 radical (unpaired) electrons. The van der Waals surface area contributed by atoms with Crippen LogP contribution in [-0.4, -0.2) is 16.2 Å². The zero-order valence-corrected chi connectivity index (χ0v) is 11.0. The van der Waals surface area contributed by atoms with Crippen LogP contribution in [0.25, 0.3) is 0 Å². The predicted molar refractivity (Wildman–Crippen MR) is 64.2 cm³/mol. The van der Waals surface area contributed by atoms with E-state index in [0.717, 1.165) is 13.6 Å². The van der Waals surface area contributed by atoms with Gasteiger partial charge >= 0.3 is 5.97 Å². The van der Waals surface area contributed by atoms with Gasteiger partial charge in [-0.25, -0.2) is 4.79 Å². The smallest absolute Gasteiger partial charge is 0.337 e. The molecule has 0 aromatic heterocycles. The molecule has 0 fully saturated rings. The Morgan fingerprint density at radius 3 is 2.57 bits per heavy atom. The summed E-state index contributed by atoms with van der Waals surface area (Å²) < 4.78 is 1.62. The Morgan fingerprint density at radius 2 is 2.14 bits per heavy atom. The fourth-order valence-electron chi connectivity index (χ4n) is 1.18. The minimum absolute atomic E-state index is 0.460. The van der Waals surface area contributed by atoms with E-state index in [2.05, 4.69) is 15.9 Å². The third kappa shape index (κ3) is 2.46. The van der Waals surface area contributed by atoms with Crippen LogP contribution >= 0.6 is 38.5 Å². The first-order valence-corrected chi connectivity index (χ1v) is 5.67. The van der Waals surface area contributed by atoms with E-state index in [1.807, 2.05) is 22.6 Å². The maximum atomic E-state index is 10.6. The van der Waals surface area contributed by atoms with Gasteiger partial charge in [0.15, 0.2) is 6.10 Å².